The molecule has 19 heavy (non-hydrogen) atoms. The largest absolute Gasteiger partial charge is 0.311 e. The average molecular weight is 314 g/mol. The van der Waals surface area contributed by atoms with E-state index in [1.807, 2.05) is 61.7 Å². The predicted octanol–water partition coefficient (Wildman–Crippen LogP) is 3.97. The molecule has 2 aromatic carbocycles. The van der Waals surface area contributed by atoms with E-state index in [1.165, 1.54) is 0 Å². The van der Waals surface area contributed by atoms with Gasteiger partial charge in [0.25, 0.3) is 5.91 Å². The molecule has 0 aliphatic carbocycles. The van der Waals surface area contributed by atoms with Gasteiger partial charge in [0.05, 0.1) is 5.69 Å². The second kappa shape index (κ2) is 4.67. The molecule has 1 aliphatic heterocycles. The first-order valence-corrected chi connectivity index (χ1v) is 6.81. The Kier molecular flexibility index (Phi) is 2.99. The molecule has 3 rings (SSSR count). The highest BCUT2D eigenvalue weighted by molar-refractivity contribution is 9.10. The van der Waals surface area contributed by atoms with Crippen molar-refractivity contribution in [1.82, 2.24) is 0 Å². The molecule has 1 heterocycles. The van der Waals surface area contributed by atoms with Gasteiger partial charge < -0.3 is 4.90 Å². The average Bonchev–Trinajstić information content (AvgIpc) is 2.65. The minimum Gasteiger partial charge on any atom is -0.311 e. The van der Waals surface area contributed by atoms with Crippen LogP contribution in [-0.4, -0.2) is 13.0 Å². The van der Waals surface area contributed by atoms with Crippen LogP contribution >= 0.6 is 15.9 Å². The van der Waals surface area contributed by atoms with Crippen LogP contribution in [0.25, 0.3) is 11.6 Å². The number of anilines is 1. The summed E-state index contributed by atoms with van der Waals surface area (Å²) in [7, 11) is 1.81. The third kappa shape index (κ3) is 2.10. The zero-order valence-corrected chi connectivity index (χ0v) is 12.0. The molecule has 0 saturated heterocycles. The van der Waals surface area contributed by atoms with Crippen molar-refractivity contribution in [2.75, 3.05) is 11.9 Å². The lowest BCUT2D eigenvalue weighted by atomic mass is 10.0. The molecule has 1 aliphatic rings. The molecule has 0 N–H and O–H groups in total. The van der Waals surface area contributed by atoms with Crippen LogP contribution in [0.15, 0.2) is 53.0 Å². The van der Waals surface area contributed by atoms with Gasteiger partial charge in [-0.05, 0) is 29.8 Å². The Balaban J connectivity index is 2.13. The van der Waals surface area contributed by atoms with Gasteiger partial charge in [-0.25, -0.2) is 0 Å². The van der Waals surface area contributed by atoms with Gasteiger partial charge in [-0.3, -0.25) is 4.79 Å². The number of para-hydroxylation sites is 1. The van der Waals surface area contributed by atoms with Crippen LogP contribution in [-0.2, 0) is 4.79 Å². The third-order valence-electron chi connectivity index (χ3n) is 3.25. The zero-order chi connectivity index (χ0) is 13.4. The van der Waals surface area contributed by atoms with E-state index in [0.29, 0.717) is 0 Å². The molecule has 0 spiro atoms. The monoisotopic (exact) mass is 313 g/mol. The molecule has 0 radical (unpaired) electrons. The second-order valence-corrected chi connectivity index (χ2v) is 5.41. The topological polar surface area (TPSA) is 20.3 Å². The fourth-order valence-electron chi connectivity index (χ4n) is 2.30. The van der Waals surface area contributed by atoms with Crippen molar-refractivity contribution in [3.63, 3.8) is 0 Å². The van der Waals surface area contributed by atoms with Gasteiger partial charge in [0, 0.05) is 22.7 Å². The van der Waals surface area contributed by atoms with E-state index in [2.05, 4.69) is 15.9 Å². The Morgan fingerprint density at radius 3 is 2.68 bits per heavy atom. The fraction of sp³-hybridized carbons (Fsp3) is 0.0625. The summed E-state index contributed by atoms with van der Waals surface area (Å²) in [5.41, 5.74) is 3.72. The van der Waals surface area contributed by atoms with E-state index in [9.17, 15) is 4.79 Å². The number of nitrogens with zero attached hydrogens (tertiary/aromatic N) is 1. The number of carbonyl (C=O) groups excluding carboxylic acids is 1. The van der Waals surface area contributed by atoms with Crippen molar-refractivity contribution < 1.29 is 4.79 Å². The number of likely N-dealkylation sites (N-methyl/N-ethyl adjacent to an activating group) is 1. The molecule has 0 unspecified atom stereocenters. The van der Waals surface area contributed by atoms with Crippen molar-refractivity contribution in [2.24, 2.45) is 0 Å². The van der Waals surface area contributed by atoms with Gasteiger partial charge in [-0.2, -0.15) is 0 Å². The fourth-order valence-corrected chi connectivity index (χ4v) is 2.72. The molecule has 0 atom stereocenters. The Bertz CT molecular complexity index is 691. The van der Waals surface area contributed by atoms with Gasteiger partial charge >= 0.3 is 0 Å². The van der Waals surface area contributed by atoms with E-state index in [-0.39, 0.29) is 5.91 Å². The lowest BCUT2D eigenvalue weighted by Gasteiger charge is -2.07. The normalized spacial score (nSPS) is 16.0. The van der Waals surface area contributed by atoms with Gasteiger partial charge in [0.2, 0.25) is 0 Å². The van der Waals surface area contributed by atoms with Crippen LogP contribution < -0.4 is 4.90 Å². The number of halogens is 1. The molecular weight excluding hydrogens is 302 g/mol. The molecule has 2 aromatic rings. The minimum absolute atomic E-state index is 0.0428. The standard InChI is InChI=1S/C16H12BrNO/c1-18-15-8-3-2-7-13(15)14(16(18)19)10-11-5-4-6-12(17)9-11/h2-10H,1H3/b14-10+. The van der Waals surface area contributed by atoms with Crippen LogP contribution in [0.1, 0.15) is 11.1 Å². The molecule has 0 fully saturated rings. The Labute approximate surface area is 120 Å². The van der Waals surface area contributed by atoms with Crippen LogP contribution in [0.5, 0.6) is 0 Å². The van der Waals surface area contributed by atoms with E-state index in [1.54, 1.807) is 4.90 Å². The van der Waals surface area contributed by atoms with E-state index in [0.717, 1.165) is 26.9 Å². The highest BCUT2D eigenvalue weighted by Crippen LogP contribution is 2.36. The number of hydrogen-bond acceptors (Lipinski definition) is 1. The first-order chi connectivity index (χ1) is 9.16. The van der Waals surface area contributed by atoms with Crippen LogP contribution in [0.3, 0.4) is 0 Å². The SMILES string of the molecule is CN1C(=O)/C(=C/c2cccc(Br)c2)c2ccccc21. The number of hydrogen-bond donors (Lipinski definition) is 0. The van der Waals surface area contributed by atoms with Crippen molar-refractivity contribution in [1.29, 1.82) is 0 Å². The number of fused-ring (bicyclic) bond motifs is 1. The van der Waals surface area contributed by atoms with E-state index < -0.39 is 0 Å². The maximum absolute atomic E-state index is 12.3. The summed E-state index contributed by atoms with van der Waals surface area (Å²) in [5.74, 6) is 0.0428. The molecule has 94 valence electrons. The highest BCUT2D eigenvalue weighted by atomic mass is 79.9. The molecule has 0 saturated carbocycles. The number of benzene rings is 2. The zero-order valence-electron chi connectivity index (χ0n) is 10.4. The first kappa shape index (κ1) is 12.2. The van der Waals surface area contributed by atoms with Crippen molar-refractivity contribution in [3.8, 4) is 0 Å². The summed E-state index contributed by atoms with van der Waals surface area (Å²) in [5, 5.41) is 0. The molecule has 3 heteroatoms. The molecule has 0 bridgehead atoms. The van der Waals surface area contributed by atoms with Crippen LogP contribution in [0.4, 0.5) is 5.69 Å². The van der Waals surface area contributed by atoms with Gasteiger partial charge in [-0.15, -0.1) is 0 Å². The number of rotatable bonds is 1. The highest BCUT2D eigenvalue weighted by Gasteiger charge is 2.28. The maximum atomic E-state index is 12.3. The van der Waals surface area contributed by atoms with Gasteiger partial charge in [0.1, 0.15) is 0 Å². The summed E-state index contributed by atoms with van der Waals surface area (Å²) in [6, 6.07) is 15.8. The van der Waals surface area contributed by atoms with Crippen LogP contribution in [0.2, 0.25) is 0 Å². The Morgan fingerprint density at radius 1 is 1.11 bits per heavy atom. The number of carbonyl (C=O) groups is 1. The third-order valence-corrected chi connectivity index (χ3v) is 3.74. The minimum atomic E-state index is 0.0428. The smallest absolute Gasteiger partial charge is 0.258 e. The first-order valence-electron chi connectivity index (χ1n) is 6.01. The van der Waals surface area contributed by atoms with Crippen LogP contribution in [0, 0.1) is 0 Å². The van der Waals surface area contributed by atoms with Crippen molar-refractivity contribution in [3.05, 3.63) is 64.1 Å². The molecule has 0 aromatic heterocycles. The molecular formula is C16H12BrNO. The maximum Gasteiger partial charge on any atom is 0.258 e. The van der Waals surface area contributed by atoms with Crippen molar-refractivity contribution in [2.45, 2.75) is 0 Å². The summed E-state index contributed by atoms with van der Waals surface area (Å²) in [6.45, 7) is 0. The lowest BCUT2D eigenvalue weighted by molar-refractivity contribution is -0.112. The second-order valence-electron chi connectivity index (χ2n) is 4.49. The lowest BCUT2D eigenvalue weighted by Crippen LogP contribution is -2.20. The summed E-state index contributed by atoms with van der Waals surface area (Å²) in [6.07, 6.45) is 1.94. The summed E-state index contributed by atoms with van der Waals surface area (Å²) >= 11 is 3.45. The van der Waals surface area contributed by atoms with E-state index >= 15 is 0 Å². The molecule has 1 amide bonds. The van der Waals surface area contributed by atoms with Gasteiger partial charge in [-0.1, -0.05) is 46.3 Å². The Hall–Kier alpha value is -1.87. The molecule has 2 nitrogen and oxygen atoms in total. The van der Waals surface area contributed by atoms with E-state index in [4.69, 9.17) is 0 Å². The van der Waals surface area contributed by atoms with Crippen molar-refractivity contribution >= 4 is 39.2 Å². The van der Waals surface area contributed by atoms with Gasteiger partial charge in [0.15, 0.2) is 0 Å². The predicted molar refractivity (Wildman–Crippen MR) is 81.9 cm³/mol. The summed E-state index contributed by atoms with van der Waals surface area (Å²) < 4.78 is 1.01. The summed E-state index contributed by atoms with van der Waals surface area (Å²) in [4.78, 5) is 14.0. The number of amides is 1. The quantitative estimate of drug-likeness (QED) is 0.730. The Morgan fingerprint density at radius 2 is 1.89 bits per heavy atom.